The van der Waals surface area contributed by atoms with Crippen LogP contribution in [0.25, 0.3) is 0 Å². The smallest absolute Gasteiger partial charge is 0.220 e. The quantitative estimate of drug-likeness (QED) is 0.417. The predicted molar refractivity (Wildman–Crippen MR) is 132 cm³/mol. The molecule has 0 saturated heterocycles. The first-order chi connectivity index (χ1) is 16.7. The van der Waals surface area contributed by atoms with E-state index in [1.807, 2.05) is 0 Å². The van der Waals surface area contributed by atoms with Crippen molar-refractivity contribution in [2.75, 3.05) is 6.54 Å². The Balaban J connectivity index is 1.69. The molecule has 1 aliphatic carbocycles. The third-order valence-corrected chi connectivity index (χ3v) is 6.63. The van der Waals surface area contributed by atoms with Crippen LogP contribution in [0.15, 0.2) is 36.4 Å². The lowest BCUT2D eigenvalue weighted by atomic mass is 9.86. The number of aliphatic hydroxyl groups excluding tert-OH is 1. The number of halogens is 2. The molecule has 0 unspecified atom stereocenters. The van der Waals surface area contributed by atoms with Gasteiger partial charge in [0.05, 0.1) is 12.1 Å². The lowest BCUT2D eigenvalue weighted by molar-refractivity contribution is -0.123. The molecule has 0 fully saturated rings. The molecule has 190 valence electrons. The van der Waals surface area contributed by atoms with Crippen LogP contribution in [0.3, 0.4) is 0 Å². The van der Waals surface area contributed by atoms with E-state index in [4.69, 9.17) is 0 Å². The van der Waals surface area contributed by atoms with E-state index in [1.54, 1.807) is 0 Å². The van der Waals surface area contributed by atoms with Gasteiger partial charge in [0.2, 0.25) is 5.91 Å². The van der Waals surface area contributed by atoms with Crippen LogP contribution >= 0.6 is 0 Å². The molecular formula is C28H36F2N2O3. The maximum absolute atomic E-state index is 13.7. The lowest BCUT2D eigenvalue weighted by Crippen LogP contribution is -2.49. The van der Waals surface area contributed by atoms with E-state index in [2.05, 4.69) is 35.8 Å². The number of benzene rings is 2. The standard InChI is InChI=1S/C28H36F2N2O3/c1-3-19-10-11-21-7-5-8-25(24(21)14-19)31-17-27(34)26(32-28(35)9-4-6-18(2)33)15-20-12-22(29)16-23(30)13-20/h10-14,16,25-27,31,34H,3-9,15,17H2,1-2H3,(H,32,35)/t25-,26-,27+/m0/s1. The molecule has 7 heteroatoms. The van der Waals surface area contributed by atoms with Crippen molar-refractivity contribution >= 4 is 11.7 Å². The second-order valence-electron chi connectivity index (χ2n) is 9.52. The Morgan fingerprint density at radius 3 is 2.51 bits per heavy atom. The molecule has 0 aliphatic heterocycles. The minimum atomic E-state index is -0.974. The summed E-state index contributed by atoms with van der Waals surface area (Å²) in [6.45, 7) is 3.81. The van der Waals surface area contributed by atoms with Gasteiger partial charge in [-0.2, -0.15) is 0 Å². The number of amides is 1. The zero-order valence-corrected chi connectivity index (χ0v) is 20.6. The van der Waals surface area contributed by atoms with Crippen LogP contribution in [-0.4, -0.2) is 35.5 Å². The number of hydrogen-bond acceptors (Lipinski definition) is 4. The van der Waals surface area contributed by atoms with Crippen molar-refractivity contribution in [1.29, 1.82) is 0 Å². The highest BCUT2D eigenvalue weighted by molar-refractivity contribution is 5.78. The summed E-state index contributed by atoms with van der Waals surface area (Å²) in [4.78, 5) is 23.7. The van der Waals surface area contributed by atoms with Crippen molar-refractivity contribution < 1.29 is 23.5 Å². The lowest BCUT2D eigenvalue weighted by Gasteiger charge is -2.30. The number of aliphatic hydroxyl groups is 1. The first-order valence-electron chi connectivity index (χ1n) is 12.5. The molecule has 0 saturated carbocycles. The number of ketones is 1. The maximum Gasteiger partial charge on any atom is 0.220 e. The Morgan fingerprint density at radius 2 is 1.83 bits per heavy atom. The molecule has 1 amide bonds. The number of nitrogens with one attached hydrogen (secondary N) is 2. The molecule has 0 heterocycles. The molecule has 0 radical (unpaired) electrons. The van der Waals surface area contributed by atoms with Gasteiger partial charge in [-0.05, 0) is 79.8 Å². The highest BCUT2D eigenvalue weighted by atomic mass is 19.1. The Hall–Kier alpha value is -2.64. The van der Waals surface area contributed by atoms with Crippen LogP contribution < -0.4 is 10.6 Å². The first-order valence-corrected chi connectivity index (χ1v) is 12.5. The first kappa shape index (κ1) is 27.0. The van der Waals surface area contributed by atoms with E-state index in [1.165, 1.54) is 35.7 Å². The third kappa shape index (κ3) is 8.22. The Bertz CT molecular complexity index is 1010. The molecule has 3 atom stereocenters. The van der Waals surface area contributed by atoms with Crippen LogP contribution in [0, 0.1) is 11.6 Å². The molecule has 2 aromatic carbocycles. The Kier molecular flexibility index (Phi) is 9.93. The number of carbonyl (C=O) groups excluding carboxylic acids is 2. The van der Waals surface area contributed by atoms with Gasteiger partial charge < -0.3 is 20.5 Å². The summed E-state index contributed by atoms with van der Waals surface area (Å²) in [5, 5.41) is 17.3. The number of aryl methyl sites for hydroxylation is 2. The molecule has 0 bridgehead atoms. The van der Waals surface area contributed by atoms with Gasteiger partial charge >= 0.3 is 0 Å². The van der Waals surface area contributed by atoms with Crippen molar-refractivity contribution in [3.05, 3.63) is 70.3 Å². The summed E-state index contributed by atoms with van der Waals surface area (Å²) >= 11 is 0. The highest BCUT2D eigenvalue weighted by Gasteiger charge is 2.25. The summed E-state index contributed by atoms with van der Waals surface area (Å²) in [5.41, 5.74) is 4.18. The molecule has 35 heavy (non-hydrogen) atoms. The van der Waals surface area contributed by atoms with Crippen molar-refractivity contribution in [2.45, 2.75) is 83.4 Å². The van der Waals surface area contributed by atoms with Crippen LogP contribution in [0.1, 0.15) is 74.2 Å². The van der Waals surface area contributed by atoms with Crippen LogP contribution in [0.4, 0.5) is 8.78 Å². The fourth-order valence-electron chi connectivity index (χ4n) is 4.73. The van der Waals surface area contributed by atoms with Gasteiger partial charge in [0.25, 0.3) is 0 Å². The molecule has 3 N–H and O–H groups in total. The van der Waals surface area contributed by atoms with Gasteiger partial charge in [-0.25, -0.2) is 8.78 Å². The van der Waals surface area contributed by atoms with E-state index in [0.29, 0.717) is 18.4 Å². The molecule has 0 spiro atoms. The van der Waals surface area contributed by atoms with Gasteiger partial charge in [-0.1, -0.05) is 25.1 Å². The van der Waals surface area contributed by atoms with Crippen molar-refractivity contribution in [3.8, 4) is 0 Å². The van der Waals surface area contributed by atoms with Crippen molar-refractivity contribution in [1.82, 2.24) is 10.6 Å². The monoisotopic (exact) mass is 486 g/mol. The molecule has 0 aromatic heterocycles. The Labute approximate surface area is 206 Å². The third-order valence-electron chi connectivity index (χ3n) is 6.63. The SMILES string of the molecule is CCc1ccc2c(c1)[C@@H](NC[C@@H](O)[C@H](Cc1cc(F)cc(F)c1)NC(=O)CCCC(C)=O)CCC2. The number of rotatable bonds is 12. The maximum atomic E-state index is 13.7. The highest BCUT2D eigenvalue weighted by Crippen LogP contribution is 2.30. The van der Waals surface area contributed by atoms with E-state index in [9.17, 15) is 23.5 Å². The molecule has 3 rings (SSSR count). The zero-order valence-electron chi connectivity index (χ0n) is 20.6. The van der Waals surface area contributed by atoms with Gasteiger partial charge in [0.1, 0.15) is 17.4 Å². The number of Topliss-reactive ketones (excluding diaryl/α,β-unsaturated/α-hetero) is 1. The largest absolute Gasteiger partial charge is 0.390 e. The second-order valence-corrected chi connectivity index (χ2v) is 9.52. The predicted octanol–water partition coefficient (Wildman–Crippen LogP) is 4.34. The normalized spacial score (nSPS) is 16.9. The van der Waals surface area contributed by atoms with E-state index < -0.39 is 23.8 Å². The molecule has 5 nitrogen and oxygen atoms in total. The number of hydrogen-bond donors (Lipinski definition) is 3. The number of fused-ring (bicyclic) bond motifs is 1. The fourth-order valence-corrected chi connectivity index (χ4v) is 4.73. The average molecular weight is 487 g/mol. The van der Waals surface area contributed by atoms with Crippen LogP contribution in [0.2, 0.25) is 0 Å². The summed E-state index contributed by atoms with van der Waals surface area (Å²) < 4.78 is 27.5. The summed E-state index contributed by atoms with van der Waals surface area (Å²) in [6, 6.07) is 9.14. The topological polar surface area (TPSA) is 78.4 Å². The van der Waals surface area contributed by atoms with Crippen molar-refractivity contribution in [2.24, 2.45) is 0 Å². The molecular weight excluding hydrogens is 450 g/mol. The number of carbonyl (C=O) groups is 2. The molecule has 1 aliphatic rings. The van der Waals surface area contributed by atoms with Gasteiger partial charge in [-0.15, -0.1) is 0 Å². The van der Waals surface area contributed by atoms with Gasteiger partial charge in [-0.3, -0.25) is 4.79 Å². The summed E-state index contributed by atoms with van der Waals surface area (Å²) in [7, 11) is 0. The van der Waals surface area contributed by atoms with E-state index in [0.717, 1.165) is 31.7 Å². The van der Waals surface area contributed by atoms with Crippen molar-refractivity contribution in [3.63, 3.8) is 0 Å². The fraction of sp³-hybridized carbons (Fsp3) is 0.500. The van der Waals surface area contributed by atoms with Gasteiger partial charge in [0, 0.05) is 31.5 Å². The Morgan fingerprint density at radius 1 is 1.09 bits per heavy atom. The molecule has 2 aromatic rings. The summed E-state index contributed by atoms with van der Waals surface area (Å²) in [5.74, 6) is -1.70. The zero-order chi connectivity index (χ0) is 25.4. The van der Waals surface area contributed by atoms with E-state index >= 15 is 0 Å². The summed E-state index contributed by atoms with van der Waals surface area (Å²) in [6.07, 6.45) is 3.94. The minimum Gasteiger partial charge on any atom is -0.390 e. The van der Waals surface area contributed by atoms with Crippen LogP contribution in [0.5, 0.6) is 0 Å². The van der Waals surface area contributed by atoms with E-state index in [-0.39, 0.29) is 37.1 Å². The minimum absolute atomic E-state index is 0.00724. The van der Waals surface area contributed by atoms with Gasteiger partial charge in [0.15, 0.2) is 0 Å². The van der Waals surface area contributed by atoms with Crippen LogP contribution in [-0.2, 0) is 28.9 Å². The average Bonchev–Trinajstić information content (AvgIpc) is 2.80. The second kappa shape index (κ2) is 12.9.